The van der Waals surface area contributed by atoms with Gasteiger partial charge in [-0.2, -0.15) is 0 Å². The summed E-state index contributed by atoms with van der Waals surface area (Å²) in [6.45, 7) is 6.91. The Bertz CT molecular complexity index is 1000. The van der Waals surface area contributed by atoms with Crippen molar-refractivity contribution in [2.75, 3.05) is 72.6 Å². The van der Waals surface area contributed by atoms with Crippen molar-refractivity contribution in [3.8, 4) is 11.1 Å². The maximum atomic E-state index is 12.2. The molecule has 3 rings (SSSR count). The van der Waals surface area contributed by atoms with Crippen LogP contribution in [0.5, 0.6) is 0 Å². The summed E-state index contributed by atoms with van der Waals surface area (Å²) in [5, 5.41) is 2.80. The fourth-order valence-corrected chi connectivity index (χ4v) is 4.76. The largest absolute Gasteiger partial charge is 0.463 e. The number of alkyl carbamates (subject to hydrolysis) is 1. The van der Waals surface area contributed by atoms with E-state index in [0.29, 0.717) is 78.8 Å². The van der Waals surface area contributed by atoms with E-state index >= 15 is 0 Å². The smallest absolute Gasteiger partial charge is 0.407 e. The number of nitrogens with one attached hydrogen (secondary N) is 1. The number of rotatable bonds is 23. The Kier molecular flexibility index (Phi) is 16.6. The average Bonchev–Trinajstić information content (AvgIpc) is 3.33. The first kappa shape index (κ1) is 33.5. The third-order valence-electron chi connectivity index (χ3n) is 6.92. The summed E-state index contributed by atoms with van der Waals surface area (Å²) in [6, 6.07) is 16.6. The maximum absolute atomic E-state index is 12.2. The highest BCUT2D eigenvalue weighted by Gasteiger charge is 2.28. The van der Waals surface area contributed by atoms with Crippen LogP contribution in [0, 0.1) is 0 Å². The molecule has 0 atom stereocenters. The molecule has 1 amide bonds. The molecule has 0 heterocycles. The number of hydrogen-bond acceptors (Lipinski definition) is 8. The average molecular weight is 586 g/mol. The zero-order valence-electron chi connectivity index (χ0n) is 25.0. The highest BCUT2D eigenvalue weighted by Crippen LogP contribution is 2.44. The predicted molar refractivity (Wildman–Crippen MR) is 161 cm³/mol. The summed E-state index contributed by atoms with van der Waals surface area (Å²) in [5.41, 5.74) is 4.81. The van der Waals surface area contributed by atoms with Crippen LogP contribution >= 0.6 is 0 Å². The first-order valence-electron chi connectivity index (χ1n) is 15.3. The molecule has 2 aromatic rings. The fourth-order valence-electron chi connectivity index (χ4n) is 4.76. The minimum absolute atomic E-state index is 0.0536. The van der Waals surface area contributed by atoms with E-state index in [2.05, 4.69) is 36.5 Å². The van der Waals surface area contributed by atoms with Gasteiger partial charge in [-0.1, -0.05) is 74.7 Å². The molecule has 42 heavy (non-hydrogen) atoms. The number of carbonyl (C=O) groups excluding carboxylic acids is 2. The van der Waals surface area contributed by atoms with Gasteiger partial charge in [-0.25, -0.2) is 4.79 Å². The van der Waals surface area contributed by atoms with Crippen molar-refractivity contribution in [3.63, 3.8) is 0 Å². The number of unbranched alkanes of at least 4 members (excludes halogenated alkanes) is 3. The van der Waals surface area contributed by atoms with Gasteiger partial charge in [0.15, 0.2) is 0 Å². The quantitative estimate of drug-likeness (QED) is 0.135. The monoisotopic (exact) mass is 585 g/mol. The van der Waals surface area contributed by atoms with E-state index in [1.165, 1.54) is 22.3 Å². The van der Waals surface area contributed by atoms with Crippen LogP contribution in [0.2, 0.25) is 0 Å². The van der Waals surface area contributed by atoms with Gasteiger partial charge in [0, 0.05) is 25.5 Å². The molecule has 1 aliphatic rings. The second-order valence-electron chi connectivity index (χ2n) is 10.1. The molecule has 0 saturated heterocycles. The Balaban J connectivity index is 1.06. The van der Waals surface area contributed by atoms with E-state index in [9.17, 15) is 9.59 Å². The number of fused-ring (bicyclic) bond motifs is 3. The molecule has 0 spiro atoms. The van der Waals surface area contributed by atoms with Crippen LogP contribution < -0.4 is 5.32 Å². The van der Waals surface area contributed by atoms with Gasteiger partial charge in [-0.3, -0.25) is 4.79 Å². The second-order valence-corrected chi connectivity index (χ2v) is 10.1. The summed E-state index contributed by atoms with van der Waals surface area (Å²) in [6.07, 6.45) is 5.02. The van der Waals surface area contributed by atoms with Crippen molar-refractivity contribution >= 4 is 12.1 Å². The van der Waals surface area contributed by atoms with E-state index in [1.807, 2.05) is 24.3 Å². The molecule has 9 heteroatoms. The third-order valence-corrected chi connectivity index (χ3v) is 6.92. The van der Waals surface area contributed by atoms with Crippen LogP contribution in [0.3, 0.4) is 0 Å². The van der Waals surface area contributed by atoms with Gasteiger partial charge in [-0.05, 0) is 35.1 Å². The molecule has 0 unspecified atom stereocenters. The predicted octanol–water partition coefficient (Wildman–Crippen LogP) is 5.50. The molecule has 2 aromatic carbocycles. The van der Waals surface area contributed by atoms with Crippen molar-refractivity contribution in [1.29, 1.82) is 0 Å². The first-order valence-corrected chi connectivity index (χ1v) is 15.3. The standard InChI is InChI=1S/C33H47NO8/c1-2-3-4-5-15-32(35)41-25-24-40-23-22-39-21-20-38-19-18-37-17-10-16-34-33(36)42-26-31-29-13-8-6-11-27(29)28-12-7-9-14-30(28)31/h6-9,11-14,31H,2-5,10,15-26H2,1H3,(H,34,36). The van der Waals surface area contributed by atoms with Crippen LogP contribution in [0.25, 0.3) is 11.1 Å². The maximum Gasteiger partial charge on any atom is 0.407 e. The molecule has 1 N–H and O–H groups in total. The summed E-state index contributed by atoms with van der Waals surface area (Å²) in [5.74, 6) is -0.102. The SMILES string of the molecule is CCCCCCC(=O)OCCOCCOCCOCCOCCCNC(=O)OCC1c2ccccc2-c2ccccc21. The first-order chi connectivity index (χ1) is 20.7. The lowest BCUT2D eigenvalue weighted by atomic mass is 9.98. The molecule has 232 valence electrons. The summed E-state index contributed by atoms with van der Waals surface area (Å²) in [4.78, 5) is 23.8. The summed E-state index contributed by atoms with van der Waals surface area (Å²) in [7, 11) is 0. The molecule has 0 aromatic heterocycles. The van der Waals surface area contributed by atoms with Gasteiger partial charge in [0.25, 0.3) is 0 Å². The van der Waals surface area contributed by atoms with Gasteiger partial charge < -0.3 is 33.7 Å². The molecule has 0 aliphatic heterocycles. The Hall–Kier alpha value is -2.98. The van der Waals surface area contributed by atoms with Gasteiger partial charge in [0.05, 0.1) is 46.2 Å². The number of amides is 1. The summed E-state index contributed by atoms with van der Waals surface area (Å²) >= 11 is 0. The fraction of sp³-hybridized carbons (Fsp3) is 0.576. The van der Waals surface area contributed by atoms with Crippen molar-refractivity contribution in [1.82, 2.24) is 5.32 Å². The molecule has 0 fully saturated rings. The van der Waals surface area contributed by atoms with E-state index < -0.39 is 6.09 Å². The molecule has 9 nitrogen and oxygen atoms in total. The van der Waals surface area contributed by atoms with E-state index in [1.54, 1.807) is 0 Å². The molecular weight excluding hydrogens is 538 g/mol. The number of ether oxygens (including phenoxy) is 6. The summed E-state index contributed by atoms with van der Waals surface area (Å²) < 4.78 is 32.6. The Morgan fingerprint density at radius 3 is 1.79 bits per heavy atom. The van der Waals surface area contributed by atoms with Crippen LogP contribution in [0.1, 0.15) is 62.5 Å². The van der Waals surface area contributed by atoms with Crippen molar-refractivity contribution < 1.29 is 38.0 Å². The van der Waals surface area contributed by atoms with E-state index in [0.717, 1.165) is 25.7 Å². The van der Waals surface area contributed by atoms with Gasteiger partial charge >= 0.3 is 12.1 Å². The molecule has 1 aliphatic carbocycles. The topological polar surface area (TPSA) is 102 Å². The lowest BCUT2D eigenvalue weighted by molar-refractivity contribution is -0.145. The van der Waals surface area contributed by atoms with Crippen molar-refractivity contribution in [2.45, 2.75) is 51.4 Å². The molecule has 0 saturated carbocycles. The zero-order chi connectivity index (χ0) is 29.7. The molecular formula is C33H47NO8. The lowest BCUT2D eigenvalue weighted by Gasteiger charge is -2.14. The van der Waals surface area contributed by atoms with E-state index in [4.69, 9.17) is 28.4 Å². The van der Waals surface area contributed by atoms with E-state index in [-0.39, 0.29) is 18.5 Å². The minimum atomic E-state index is -0.415. The van der Waals surface area contributed by atoms with Gasteiger partial charge in [0.1, 0.15) is 13.2 Å². The van der Waals surface area contributed by atoms with Crippen molar-refractivity contribution in [3.05, 3.63) is 59.7 Å². The second kappa shape index (κ2) is 20.8. The third kappa shape index (κ3) is 12.5. The van der Waals surface area contributed by atoms with Crippen LogP contribution in [0.15, 0.2) is 48.5 Å². The highest BCUT2D eigenvalue weighted by molar-refractivity contribution is 5.79. The Labute approximate surface area is 250 Å². The Morgan fingerprint density at radius 2 is 1.19 bits per heavy atom. The van der Waals surface area contributed by atoms with Gasteiger partial charge in [0.2, 0.25) is 0 Å². The number of carbonyl (C=O) groups is 2. The number of esters is 1. The van der Waals surface area contributed by atoms with Crippen LogP contribution in [-0.2, 0) is 33.2 Å². The minimum Gasteiger partial charge on any atom is -0.463 e. The van der Waals surface area contributed by atoms with Crippen LogP contribution in [-0.4, -0.2) is 84.7 Å². The highest BCUT2D eigenvalue weighted by atomic mass is 16.6. The van der Waals surface area contributed by atoms with Crippen molar-refractivity contribution in [2.24, 2.45) is 0 Å². The normalized spacial score (nSPS) is 12.1. The zero-order valence-corrected chi connectivity index (χ0v) is 25.0. The molecule has 0 radical (unpaired) electrons. The Morgan fingerprint density at radius 1 is 0.643 bits per heavy atom. The molecule has 0 bridgehead atoms. The van der Waals surface area contributed by atoms with Gasteiger partial charge in [-0.15, -0.1) is 0 Å². The lowest BCUT2D eigenvalue weighted by Crippen LogP contribution is -2.27. The number of benzene rings is 2. The number of hydrogen-bond donors (Lipinski definition) is 1. The van der Waals surface area contributed by atoms with Crippen LogP contribution in [0.4, 0.5) is 4.79 Å².